The van der Waals surface area contributed by atoms with Crippen LogP contribution in [0.5, 0.6) is 11.5 Å². The fourth-order valence-electron chi connectivity index (χ4n) is 3.62. The highest BCUT2D eigenvalue weighted by molar-refractivity contribution is 6.06. The molecule has 136 valence electrons. The number of carbonyl (C=O) groups is 2. The van der Waals surface area contributed by atoms with Crippen LogP contribution in [-0.4, -0.2) is 30.1 Å². The molecule has 0 radical (unpaired) electrons. The highest BCUT2D eigenvalue weighted by atomic mass is 16.7. The zero-order valence-electron chi connectivity index (χ0n) is 14.4. The maximum Gasteiger partial charge on any atom is 0.231 e. The van der Waals surface area contributed by atoms with E-state index in [1.165, 1.54) is 0 Å². The van der Waals surface area contributed by atoms with Gasteiger partial charge in [-0.15, -0.1) is 0 Å². The van der Waals surface area contributed by atoms with Crippen molar-refractivity contribution >= 4 is 34.1 Å². The van der Waals surface area contributed by atoms with Crippen LogP contribution in [0.3, 0.4) is 0 Å². The van der Waals surface area contributed by atoms with Crippen molar-refractivity contribution in [3.05, 3.63) is 48.7 Å². The van der Waals surface area contributed by atoms with Gasteiger partial charge in [0.15, 0.2) is 11.5 Å². The molecule has 1 saturated heterocycles. The van der Waals surface area contributed by atoms with Gasteiger partial charge in [-0.05, 0) is 30.3 Å². The number of H-pyrrole nitrogens is 1. The molecule has 0 saturated carbocycles. The first kappa shape index (κ1) is 15.7. The molecule has 3 aromatic rings. The first-order valence-corrected chi connectivity index (χ1v) is 8.76. The number of fused-ring (bicyclic) bond motifs is 2. The minimum absolute atomic E-state index is 0.0751. The summed E-state index contributed by atoms with van der Waals surface area (Å²) >= 11 is 0. The van der Waals surface area contributed by atoms with Gasteiger partial charge in [-0.3, -0.25) is 9.59 Å². The van der Waals surface area contributed by atoms with Gasteiger partial charge < -0.3 is 24.7 Å². The van der Waals surface area contributed by atoms with Crippen LogP contribution in [0.15, 0.2) is 48.7 Å². The van der Waals surface area contributed by atoms with E-state index in [2.05, 4.69) is 10.3 Å². The number of aromatic nitrogens is 1. The van der Waals surface area contributed by atoms with Crippen molar-refractivity contribution in [2.24, 2.45) is 5.92 Å². The molecule has 0 unspecified atom stereocenters. The average molecular weight is 363 g/mol. The molecule has 7 heteroatoms. The summed E-state index contributed by atoms with van der Waals surface area (Å²) in [5.41, 5.74) is 2.41. The standard InChI is InChI=1S/C20H17N3O4/c24-19-8-12(10-23(19)13-4-5-17-18(9-13)27-11-26-17)20(25)22-16-3-1-2-15-14(16)6-7-21-15/h1-7,9,12,21H,8,10-11H2,(H,22,25)/t12-/m0/s1. The van der Waals surface area contributed by atoms with Crippen molar-refractivity contribution in [2.45, 2.75) is 6.42 Å². The van der Waals surface area contributed by atoms with Gasteiger partial charge in [0.1, 0.15) is 0 Å². The lowest BCUT2D eigenvalue weighted by Crippen LogP contribution is -2.28. The van der Waals surface area contributed by atoms with Crippen molar-refractivity contribution in [1.82, 2.24) is 4.98 Å². The number of amides is 2. The molecule has 2 amide bonds. The van der Waals surface area contributed by atoms with Crippen LogP contribution in [0.1, 0.15) is 6.42 Å². The maximum atomic E-state index is 12.7. The van der Waals surface area contributed by atoms with Crippen LogP contribution in [0, 0.1) is 5.92 Å². The Hall–Kier alpha value is -3.48. The third kappa shape index (κ3) is 2.68. The third-order valence-electron chi connectivity index (χ3n) is 5.02. The number of rotatable bonds is 3. The van der Waals surface area contributed by atoms with E-state index in [4.69, 9.17) is 9.47 Å². The smallest absolute Gasteiger partial charge is 0.231 e. The van der Waals surface area contributed by atoms with Gasteiger partial charge in [0, 0.05) is 41.8 Å². The minimum atomic E-state index is -0.405. The Labute approximate surface area is 154 Å². The summed E-state index contributed by atoms with van der Waals surface area (Å²) in [6.07, 6.45) is 2.02. The quantitative estimate of drug-likeness (QED) is 0.749. The molecule has 1 atom stereocenters. The molecule has 1 aromatic heterocycles. The van der Waals surface area contributed by atoms with Crippen molar-refractivity contribution in [3.63, 3.8) is 0 Å². The summed E-state index contributed by atoms with van der Waals surface area (Å²) in [5.74, 6) is 0.651. The zero-order valence-corrected chi connectivity index (χ0v) is 14.4. The Morgan fingerprint density at radius 2 is 2.04 bits per heavy atom. The van der Waals surface area contributed by atoms with Crippen molar-refractivity contribution < 1.29 is 19.1 Å². The lowest BCUT2D eigenvalue weighted by atomic mass is 10.1. The number of ether oxygens (including phenoxy) is 2. The number of nitrogens with zero attached hydrogens (tertiary/aromatic N) is 1. The van der Waals surface area contributed by atoms with Crippen molar-refractivity contribution in [1.29, 1.82) is 0 Å². The Morgan fingerprint density at radius 3 is 2.96 bits per heavy atom. The van der Waals surface area contributed by atoms with Gasteiger partial charge in [-0.25, -0.2) is 0 Å². The normalized spacial score (nSPS) is 18.3. The van der Waals surface area contributed by atoms with Crippen molar-refractivity contribution in [2.75, 3.05) is 23.6 Å². The summed E-state index contributed by atoms with van der Waals surface area (Å²) in [7, 11) is 0. The van der Waals surface area contributed by atoms with Crippen LogP contribution < -0.4 is 19.7 Å². The van der Waals surface area contributed by atoms with Gasteiger partial charge >= 0.3 is 0 Å². The van der Waals surface area contributed by atoms with Gasteiger partial charge in [0.05, 0.1) is 11.6 Å². The molecule has 3 heterocycles. The topological polar surface area (TPSA) is 83.7 Å². The van der Waals surface area contributed by atoms with Crippen LogP contribution in [-0.2, 0) is 9.59 Å². The van der Waals surface area contributed by atoms with Crippen LogP contribution in [0.4, 0.5) is 11.4 Å². The van der Waals surface area contributed by atoms with E-state index in [1.54, 1.807) is 17.0 Å². The van der Waals surface area contributed by atoms with Crippen LogP contribution in [0.2, 0.25) is 0 Å². The molecular formula is C20H17N3O4. The molecule has 2 N–H and O–H groups in total. The Balaban J connectivity index is 1.34. The van der Waals surface area contributed by atoms with Gasteiger partial charge in [0.2, 0.25) is 18.6 Å². The fraction of sp³-hybridized carbons (Fsp3) is 0.200. The summed E-state index contributed by atoms with van der Waals surface area (Å²) in [6, 6.07) is 13.0. The molecule has 0 spiro atoms. The second-order valence-electron chi connectivity index (χ2n) is 6.68. The Bertz CT molecular complexity index is 1060. The van der Waals surface area contributed by atoms with E-state index in [9.17, 15) is 9.59 Å². The molecule has 7 nitrogen and oxygen atoms in total. The zero-order chi connectivity index (χ0) is 18.4. The number of benzene rings is 2. The van der Waals surface area contributed by atoms with E-state index in [-0.39, 0.29) is 25.0 Å². The SMILES string of the molecule is O=C(Nc1cccc2[nH]ccc12)[C@H]1CC(=O)N(c2ccc3c(c2)OCO3)C1. The predicted octanol–water partition coefficient (Wildman–Crippen LogP) is 2.89. The molecule has 0 bridgehead atoms. The lowest BCUT2D eigenvalue weighted by Gasteiger charge is -2.17. The van der Waals surface area contributed by atoms with E-state index in [0.29, 0.717) is 23.7 Å². The van der Waals surface area contributed by atoms with E-state index in [0.717, 1.165) is 16.6 Å². The predicted molar refractivity (Wildman–Crippen MR) is 100.0 cm³/mol. The minimum Gasteiger partial charge on any atom is -0.454 e. The van der Waals surface area contributed by atoms with Gasteiger partial charge in [-0.1, -0.05) is 6.07 Å². The molecule has 2 aromatic carbocycles. The molecule has 0 aliphatic carbocycles. The highest BCUT2D eigenvalue weighted by Gasteiger charge is 2.35. The third-order valence-corrected chi connectivity index (χ3v) is 5.02. The maximum absolute atomic E-state index is 12.7. The Morgan fingerprint density at radius 1 is 1.15 bits per heavy atom. The Kier molecular flexibility index (Phi) is 3.53. The molecular weight excluding hydrogens is 346 g/mol. The monoisotopic (exact) mass is 363 g/mol. The average Bonchev–Trinajstić information content (AvgIpc) is 3.40. The van der Waals surface area contributed by atoms with Crippen LogP contribution >= 0.6 is 0 Å². The fourth-order valence-corrected chi connectivity index (χ4v) is 3.62. The number of anilines is 2. The first-order chi connectivity index (χ1) is 13.2. The summed E-state index contributed by atoms with van der Waals surface area (Å²) in [5, 5.41) is 3.91. The number of nitrogens with one attached hydrogen (secondary N) is 2. The lowest BCUT2D eigenvalue weighted by molar-refractivity contribution is -0.122. The molecule has 2 aliphatic heterocycles. The first-order valence-electron chi connectivity index (χ1n) is 8.76. The summed E-state index contributed by atoms with van der Waals surface area (Å²) in [4.78, 5) is 30.0. The number of aromatic amines is 1. The van der Waals surface area contributed by atoms with Crippen molar-refractivity contribution in [3.8, 4) is 11.5 Å². The highest BCUT2D eigenvalue weighted by Crippen LogP contribution is 2.37. The van der Waals surface area contributed by atoms with Gasteiger partial charge in [0.25, 0.3) is 0 Å². The molecule has 5 rings (SSSR count). The van der Waals surface area contributed by atoms with E-state index >= 15 is 0 Å². The summed E-state index contributed by atoms with van der Waals surface area (Å²) in [6.45, 7) is 0.524. The second kappa shape index (κ2) is 6.05. The molecule has 1 fully saturated rings. The van der Waals surface area contributed by atoms with Crippen LogP contribution in [0.25, 0.3) is 10.9 Å². The van der Waals surface area contributed by atoms with E-state index < -0.39 is 5.92 Å². The largest absolute Gasteiger partial charge is 0.454 e. The second-order valence-corrected chi connectivity index (χ2v) is 6.68. The number of hydrogen-bond acceptors (Lipinski definition) is 4. The van der Waals surface area contributed by atoms with Gasteiger partial charge in [-0.2, -0.15) is 0 Å². The summed E-state index contributed by atoms with van der Waals surface area (Å²) < 4.78 is 10.7. The van der Waals surface area contributed by atoms with E-state index in [1.807, 2.05) is 36.5 Å². The number of carbonyl (C=O) groups excluding carboxylic acids is 2. The molecule has 2 aliphatic rings. The number of hydrogen-bond donors (Lipinski definition) is 2. The molecule has 27 heavy (non-hydrogen) atoms.